The van der Waals surface area contributed by atoms with Crippen LogP contribution in [0.5, 0.6) is 0 Å². The second-order valence-electron chi connectivity index (χ2n) is 12.4. The Bertz CT molecular complexity index is 2560. The van der Waals surface area contributed by atoms with Crippen LogP contribution in [0, 0.1) is 38.5 Å². The number of imidazole rings is 2. The Kier molecular flexibility index (Phi) is 12.1. The van der Waals surface area contributed by atoms with E-state index >= 15 is 0 Å². The van der Waals surface area contributed by atoms with Gasteiger partial charge in [0.2, 0.25) is 0 Å². The SMILES string of the molecule is C#Cc1cn2c(-c3ccc(C(=O)O)c(C)c3)cnc2c(NCCC(F)(F)F)n1.C#Cc1cn2c(-c3ccc(C(=O)OC)c(C)c3)cnc2c(NCCC(F)(F)F)n1. The first-order chi connectivity index (χ1) is 26.9. The van der Waals surface area contributed by atoms with E-state index in [1.807, 2.05) is 0 Å². The molecule has 0 saturated carbocycles. The van der Waals surface area contributed by atoms with Crippen molar-refractivity contribution in [2.24, 2.45) is 0 Å². The van der Waals surface area contributed by atoms with Gasteiger partial charge < -0.3 is 20.5 Å². The fraction of sp³-hybridized carbons (Fsp3) is 0.231. The van der Waals surface area contributed by atoms with Gasteiger partial charge in [-0.2, -0.15) is 26.3 Å². The molecule has 0 aliphatic rings. The zero-order valence-corrected chi connectivity index (χ0v) is 30.4. The molecule has 0 aliphatic carbocycles. The normalized spacial score (nSPS) is 11.4. The second kappa shape index (κ2) is 16.7. The number of esters is 1. The van der Waals surface area contributed by atoms with Gasteiger partial charge in [0, 0.05) is 36.6 Å². The Balaban J connectivity index is 0.000000218. The number of anilines is 2. The van der Waals surface area contributed by atoms with Crippen LogP contribution in [0.3, 0.4) is 0 Å². The molecule has 57 heavy (non-hydrogen) atoms. The summed E-state index contributed by atoms with van der Waals surface area (Å²) < 4.78 is 82.6. The average molecular weight is 791 g/mol. The van der Waals surface area contributed by atoms with Gasteiger partial charge in [0.05, 0.1) is 54.9 Å². The number of aryl methyl sites for hydroxylation is 2. The molecule has 0 bridgehead atoms. The molecule has 12 nitrogen and oxygen atoms in total. The number of aromatic carboxylic acids is 1. The van der Waals surface area contributed by atoms with Crippen LogP contribution in [0.15, 0.2) is 61.2 Å². The molecule has 0 radical (unpaired) electrons. The first-order valence-electron chi connectivity index (χ1n) is 16.8. The van der Waals surface area contributed by atoms with Gasteiger partial charge in [-0.25, -0.2) is 29.5 Å². The number of carboxylic acid groups (broad SMARTS) is 1. The lowest BCUT2D eigenvalue weighted by molar-refractivity contribution is -0.132. The summed E-state index contributed by atoms with van der Waals surface area (Å²) in [5, 5.41) is 14.5. The molecule has 6 aromatic rings. The lowest BCUT2D eigenvalue weighted by atomic mass is 10.0. The largest absolute Gasteiger partial charge is 0.478 e. The first-order valence-corrected chi connectivity index (χ1v) is 16.8. The predicted molar refractivity (Wildman–Crippen MR) is 199 cm³/mol. The molecule has 0 amide bonds. The van der Waals surface area contributed by atoms with Crippen LogP contribution in [0.2, 0.25) is 0 Å². The van der Waals surface area contributed by atoms with E-state index in [9.17, 15) is 35.9 Å². The van der Waals surface area contributed by atoms with Gasteiger partial charge in [0.1, 0.15) is 11.4 Å². The number of rotatable bonds is 10. The van der Waals surface area contributed by atoms with Crippen molar-refractivity contribution in [1.82, 2.24) is 28.7 Å². The van der Waals surface area contributed by atoms with Gasteiger partial charge in [-0.15, -0.1) is 12.8 Å². The van der Waals surface area contributed by atoms with E-state index in [0.717, 1.165) is 5.56 Å². The van der Waals surface area contributed by atoms with Gasteiger partial charge in [0.25, 0.3) is 0 Å². The summed E-state index contributed by atoms with van der Waals surface area (Å²) in [4.78, 5) is 39.8. The Morgan fingerprint density at radius 2 is 1.18 bits per heavy atom. The number of ether oxygens (including phenoxy) is 1. The van der Waals surface area contributed by atoms with Crippen molar-refractivity contribution >= 4 is 34.9 Å². The number of hydrogen-bond acceptors (Lipinski definition) is 9. The fourth-order valence-corrected chi connectivity index (χ4v) is 5.65. The average Bonchev–Trinajstić information content (AvgIpc) is 3.78. The van der Waals surface area contributed by atoms with Gasteiger partial charge in [-0.3, -0.25) is 8.80 Å². The van der Waals surface area contributed by atoms with E-state index in [1.165, 1.54) is 19.4 Å². The fourth-order valence-electron chi connectivity index (χ4n) is 5.65. The molecule has 2 aromatic carbocycles. The minimum absolute atomic E-state index is 0.143. The van der Waals surface area contributed by atoms with E-state index < -0.39 is 37.1 Å². The molecule has 294 valence electrons. The number of terminal acetylenes is 2. The number of benzene rings is 2. The van der Waals surface area contributed by atoms with Crippen molar-refractivity contribution in [2.75, 3.05) is 30.8 Å². The maximum absolute atomic E-state index is 12.4. The lowest BCUT2D eigenvalue weighted by Gasteiger charge is -2.11. The molecule has 0 fully saturated rings. The van der Waals surface area contributed by atoms with Crippen LogP contribution < -0.4 is 10.6 Å². The van der Waals surface area contributed by atoms with Crippen molar-refractivity contribution in [1.29, 1.82) is 0 Å². The molecule has 6 rings (SSSR count). The molecule has 4 aromatic heterocycles. The van der Waals surface area contributed by atoms with E-state index in [0.29, 0.717) is 44.9 Å². The highest BCUT2D eigenvalue weighted by Crippen LogP contribution is 2.29. The van der Waals surface area contributed by atoms with Crippen LogP contribution >= 0.6 is 0 Å². The highest BCUT2D eigenvalue weighted by molar-refractivity contribution is 5.92. The molecule has 0 saturated heterocycles. The standard InChI is InChI=1S/C20H17F3N4O2.C19H15F3N4O2/c1-4-14-11-27-16(13-5-6-15(12(2)9-13)19(28)29-3)10-25-18(27)17(26-14)24-8-7-20(21,22)23;1-3-13-10-26-15(12-4-5-14(18(27)28)11(2)8-12)9-24-17(26)16(25-13)23-7-6-19(20,21)22/h1,5-6,9-11H,7-8H2,2-3H3,(H,24,26);1,4-5,8-10H,6-7H2,2H3,(H,23,25)(H,27,28). The van der Waals surface area contributed by atoms with Gasteiger partial charge >= 0.3 is 24.3 Å². The van der Waals surface area contributed by atoms with Crippen molar-refractivity contribution in [3.8, 4) is 47.2 Å². The first kappa shape index (κ1) is 41.1. The summed E-state index contributed by atoms with van der Waals surface area (Å²) in [7, 11) is 1.31. The number of carbonyl (C=O) groups is 2. The van der Waals surface area contributed by atoms with Crippen LogP contribution in [0.25, 0.3) is 33.8 Å². The Morgan fingerprint density at radius 1 is 0.754 bits per heavy atom. The molecule has 0 spiro atoms. The van der Waals surface area contributed by atoms with Crippen molar-refractivity contribution in [3.63, 3.8) is 0 Å². The number of carbonyl (C=O) groups excluding carboxylic acids is 1. The smallest absolute Gasteiger partial charge is 0.390 e. The van der Waals surface area contributed by atoms with Crippen molar-refractivity contribution in [2.45, 2.75) is 39.0 Å². The molecular weight excluding hydrogens is 758 g/mol. The minimum Gasteiger partial charge on any atom is -0.478 e. The maximum atomic E-state index is 12.4. The Hall–Kier alpha value is -7.08. The molecule has 18 heteroatoms. The summed E-state index contributed by atoms with van der Waals surface area (Å²) in [5.74, 6) is 3.60. The lowest BCUT2D eigenvalue weighted by Crippen LogP contribution is -2.16. The molecule has 3 N–H and O–H groups in total. The summed E-state index contributed by atoms with van der Waals surface area (Å²) in [6, 6.07) is 9.98. The third kappa shape index (κ3) is 9.78. The predicted octanol–water partition coefficient (Wildman–Crippen LogP) is 7.59. The van der Waals surface area contributed by atoms with E-state index in [4.69, 9.17) is 22.7 Å². The zero-order chi connectivity index (χ0) is 41.7. The highest BCUT2D eigenvalue weighted by Gasteiger charge is 2.27. The molecule has 0 atom stereocenters. The van der Waals surface area contributed by atoms with Crippen LogP contribution in [0.4, 0.5) is 38.0 Å². The zero-order valence-electron chi connectivity index (χ0n) is 30.4. The number of halogens is 6. The van der Waals surface area contributed by atoms with Gasteiger partial charge in [-0.1, -0.05) is 12.1 Å². The molecule has 0 unspecified atom stereocenters. The number of hydrogen-bond donors (Lipinski definition) is 3. The Morgan fingerprint density at radius 3 is 1.53 bits per heavy atom. The Labute approximate surface area is 321 Å². The molecule has 0 aliphatic heterocycles. The summed E-state index contributed by atoms with van der Waals surface area (Å²) in [6.07, 6.45) is 6.49. The number of fused-ring (bicyclic) bond motifs is 2. The number of nitrogens with zero attached hydrogens (tertiary/aromatic N) is 6. The summed E-state index contributed by atoms with van der Waals surface area (Å²) >= 11 is 0. The third-order valence-electron chi connectivity index (χ3n) is 8.36. The van der Waals surface area contributed by atoms with Crippen molar-refractivity contribution in [3.05, 3.63) is 94.8 Å². The van der Waals surface area contributed by atoms with E-state index in [1.54, 1.807) is 71.6 Å². The topological polar surface area (TPSA) is 148 Å². The van der Waals surface area contributed by atoms with Gasteiger partial charge in [0.15, 0.2) is 22.9 Å². The van der Waals surface area contributed by atoms with Crippen LogP contribution in [0.1, 0.15) is 56.1 Å². The summed E-state index contributed by atoms with van der Waals surface area (Å²) in [6.45, 7) is 2.73. The van der Waals surface area contributed by atoms with Crippen LogP contribution in [-0.2, 0) is 4.74 Å². The second-order valence-corrected chi connectivity index (χ2v) is 12.4. The number of alkyl halides is 6. The monoisotopic (exact) mass is 790 g/mol. The number of aromatic nitrogens is 6. The van der Waals surface area contributed by atoms with E-state index in [2.05, 4.69) is 42.4 Å². The summed E-state index contributed by atoms with van der Waals surface area (Å²) in [5.41, 5.74) is 5.70. The highest BCUT2D eigenvalue weighted by atomic mass is 19.4. The third-order valence-corrected chi connectivity index (χ3v) is 8.36. The number of methoxy groups -OCH3 is 1. The molecule has 4 heterocycles. The van der Waals surface area contributed by atoms with Crippen LogP contribution in [-0.4, -0.2) is 78.3 Å². The number of nitrogens with one attached hydrogen (secondary N) is 2. The maximum Gasteiger partial charge on any atom is 0.390 e. The minimum atomic E-state index is -4.29. The number of carboxylic acids is 1. The molecular formula is C39H32F6N8O4. The quantitative estimate of drug-likeness (QED) is 0.0721. The van der Waals surface area contributed by atoms with E-state index in [-0.39, 0.29) is 41.7 Å². The van der Waals surface area contributed by atoms with Gasteiger partial charge in [-0.05, 0) is 61.1 Å². The van der Waals surface area contributed by atoms with Crippen molar-refractivity contribution < 1.29 is 45.8 Å².